The number of alkyl halides is 1. The van der Waals surface area contributed by atoms with Crippen molar-refractivity contribution in [1.29, 1.82) is 0 Å². The Labute approximate surface area is 94.0 Å². The number of hydrogen-bond acceptors (Lipinski definition) is 3. The monoisotopic (exact) mass is 246 g/mol. The summed E-state index contributed by atoms with van der Waals surface area (Å²) in [5, 5.41) is 0. The predicted octanol–water partition coefficient (Wildman–Crippen LogP) is 1.79. The molecule has 0 fully saturated rings. The second kappa shape index (κ2) is 4.33. The highest BCUT2D eigenvalue weighted by Gasteiger charge is 2.27. The zero-order valence-corrected chi connectivity index (χ0v) is 9.97. The van der Waals surface area contributed by atoms with Crippen molar-refractivity contribution in [3.63, 3.8) is 0 Å². The largest absolute Gasteiger partial charge is 0.291 e. The normalized spacial score (nSPS) is 13.5. The van der Waals surface area contributed by atoms with Gasteiger partial charge in [0.1, 0.15) is 0 Å². The molecule has 0 amide bonds. The first-order valence-corrected chi connectivity index (χ1v) is 6.66. The molecule has 3 nitrogen and oxygen atoms in total. The Hall–Kier alpha value is -0.870. The zero-order chi connectivity index (χ0) is 11.6. The van der Waals surface area contributed by atoms with Gasteiger partial charge >= 0.3 is 0 Å². The van der Waals surface area contributed by atoms with Crippen molar-refractivity contribution in [1.82, 2.24) is 0 Å². The molecule has 0 aliphatic carbocycles. The number of aryl methyl sites for hydroxylation is 1. The minimum absolute atomic E-state index is 0.350. The maximum atomic E-state index is 11.7. The van der Waals surface area contributed by atoms with Crippen molar-refractivity contribution >= 4 is 27.2 Å². The molecule has 0 aliphatic heterocycles. The Morgan fingerprint density at radius 1 is 1.33 bits per heavy atom. The van der Waals surface area contributed by atoms with Crippen LogP contribution in [0.3, 0.4) is 0 Å². The summed E-state index contributed by atoms with van der Waals surface area (Å²) in [4.78, 5) is 11.7. The molecule has 82 valence electrons. The van der Waals surface area contributed by atoms with Gasteiger partial charge in [-0.05, 0) is 12.5 Å². The van der Waals surface area contributed by atoms with E-state index in [-0.39, 0.29) is 0 Å². The smallest absolute Gasteiger partial charge is 0.197 e. The lowest BCUT2D eigenvalue weighted by atomic mass is 10.1. The Balaban J connectivity index is 3.12. The lowest BCUT2D eigenvalue weighted by Gasteiger charge is -2.08. The quantitative estimate of drug-likeness (QED) is 0.604. The number of rotatable bonds is 3. The van der Waals surface area contributed by atoms with Gasteiger partial charge in [0.25, 0.3) is 0 Å². The highest BCUT2D eigenvalue weighted by atomic mass is 35.5. The van der Waals surface area contributed by atoms with E-state index in [4.69, 9.17) is 11.6 Å². The first-order chi connectivity index (χ1) is 6.84. The van der Waals surface area contributed by atoms with Crippen LogP contribution < -0.4 is 0 Å². The summed E-state index contributed by atoms with van der Waals surface area (Å²) in [5.74, 6) is -0.572. The molecule has 1 aromatic rings. The van der Waals surface area contributed by atoms with Gasteiger partial charge in [-0.15, -0.1) is 0 Å². The van der Waals surface area contributed by atoms with Gasteiger partial charge in [0.2, 0.25) is 0 Å². The molecule has 1 atom stereocenters. The average molecular weight is 247 g/mol. The van der Waals surface area contributed by atoms with E-state index in [1.54, 1.807) is 31.2 Å². The van der Waals surface area contributed by atoms with Gasteiger partial charge in [-0.2, -0.15) is 0 Å². The van der Waals surface area contributed by atoms with Crippen LogP contribution in [0.1, 0.15) is 15.9 Å². The molecule has 15 heavy (non-hydrogen) atoms. The molecule has 0 aliphatic rings. The fourth-order valence-corrected chi connectivity index (χ4v) is 1.80. The number of ketones is 1. The summed E-state index contributed by atoms with van der Waals surface area (Å²) in [6.07, 6.45) is 0.945. The van der Waals surface area contributed by atoms with Crippen molar-refractivity contribution in [2.45, 2.75) is 11.6 Å². The average Bonchev–Trinajstić information content (AvgIpc) is 2.15. The maximum absolute atomic E-state index is 11.7. The highest BCUT2D eigenvalue weighted by molar-refractivity contribution is 7.93. The summed E-state index contributed by atoms with van der Waals surface area (Å²) >= 11 is 5.58. The minimum Gasteiger partial charge on any atom is -0.291 e. The summed E-state index contributed by atoms with van der Waals surface area (Å²) < 4.78 is 20.7. The van der Waals surface area contributed by atoms with Crippen molar-refractivity contribution in [2.75, 3.05) is 6.26 Å². The summed E-state index contributed by atoms with van der Waals surface area (Å²) in [5.41, 5.74) is 1.07. The molecule has 0 saturated heterocycles. The number of hydrogen-bond donors (Lipinski definition) is 0. The number of carbonyl (C=O) groups is 1. The molecule has 0 unspecified atom stereocenters. The molecular formula is C10H11ClO3S. The van der Waals surface area contributed by atoms with Gasteiger partial charge in [-0.25, -0.2) is 8.42 Å². The number of benzene rings is 1. The Kier molecular flexibility index (Phi) is 3.52. The Morgan fingerprint density at radius 3 is 2.33 bits per heavy atom. The third-order valence-corrected chi connectivity index (χ3v) is 4.13. The lowest BCUT2D eigenvalue weighted by Crippen LogP contribution is -2.24. The van der Waals surface area contributed by atoms with Crippen molar-refractivity contribution in [2.24, 2.45) is 0 Å². The fraction of sp³-hybridized carbons (Fsp3) is 0.300. The second-order valence-corrected chi connectivity index (χ2v) is 6.15. The number of carbonyl (C=O) groups excluding carboxylic acids is 1. The van der Waals surface area contributed by atoms with E-state index in [1.807, 2.05) is 0 Å². The highest BCUT2D eigenvalue weighted by Crippen LogP contribution is 2.16. The van der Waals surface area contributed by atoms with Crippen LogP contribution in [0.25, 0.3) is 0 Å². The summed E-state index contributed by atoms with van der Waals surface area (Å²) in [7, 11) is -3.55. The van der Waals surface area contributed by atoms with E-state index in [9.17, 15) is 13.2 Å². The molecule has 0 bridgehead atoms. The van der Waals surface area contributed by atoms with Crippen LogP contribution in [0.4, 0.5) is 0 Å². The summed E-state index contributed by atoms with van der Waals surface area (Å²) in [6, 6.07) is 6.75. The van der Waals surface area contributed by atoms with Crippen LogP contribution in [0, 0.1) is 6.92 Å². The topological polar surface area (TPSA) is 51.2 Å². The van der Waals surface area contributed by atoms with Crippen molar-refractivity contribution in [3.05, 3.63) is 35.4 Å². The first kappa shape index (κ1) is 12.2. The lowest BCUT2D eigenvalue weighted by molar-refractivity contribution is 0.101. The van der Waals surface area contributed by atoms with Gasteiger partial charge in [0, 0.05) is 11.8 Å². The molecule has 0 N–H and O–H groups in total. The van der Waals surface area contributed by atoms with Crippen LogP contribution in [-0.2, 0) is 9.84 Å². The van der Waals surface area contributed by atoms with Crippen LogP contribution in [-0.4, -0.2) is 25.2 Å². The Morgan fingerprint density at radius 2 is 1.87 bits per heavy atom. The Bertz CT molecular complexity index is 479. The fourth-order valence-electron chi connectivity index (χ4n) is 1.17. The van der Waals surface area contributed by atoms with E-state index in [1.165, 1.54) is 0 Å². The molecule has 0 aromatic heterocycles. The van der Waals surface area contributed by atoms with Gasteiger partial charge in [0.05, 0.1) is 0 Å². The molecule has 0 saturated carbocycles. The number of Topliss-reactive ketones (excluding diaryl/α,β-unsaturated/α-hetero) is 1. The molecule has 0 heterocycles. The van der Waals surface area contributed by atoms with Gasteiger partial charge < -0.3 is 0 Å². The van der Waals surface area contributed by atoms with Crippen LogP contribution >= 0.6 is 11.6 Å². The van der Waals surface area contributed by atoms with Gasteiger partial charge in [0.15, 0.2) is 20.3 Å². The van der Waals surface area contributed by atoms with E-state index in [0.717, 1.165) is 11.8 Å². The van der Waals surface area contributed by atoms with Crippen molar-refractivity contribution in [3.8, 4) is 0 Å². The molecule has 0 spiro atoms. The number of sulfone groups is 1. The zero-order valence-electron chi connectivity index (χ0n) is 8.40. The first-order valence-electron chi connectivity index (χ1n) is 4.27. The van der Waals surface area contributed by atoms with Gasteiger partial charge in [-0.1, -0.05) is 35.9 Å². The van der Waals surface area contributed by atoms with Crippen LogP contribution in [0.15, 0.2) is 24.3 Å². The van der Waals surface area contributed by atoms with Crippen molar-refractivity contribution < 1.29 is 13.2 Å². The summed E-state index contributed by atoms with van der Waals surface area (Å²) in [6.45, 7) is 1.74. The molecule has 1 aromatic carbocycles. The molecular weight excluding hydrogens is 236 g/mol. The van der Waals surface area contributed by atoms with E-state index >= 15 is 0 Å². The van der Waals surface area contributed by atoms with E-state index in [0.29, 0.717) is 5.56 Å². The SMILES string of the molecule is Cc1ccccc1C(=O)[C@H](Cl)S(C)(=O)=O. The minimum atomic E-state index is -3.55. The van der Waals surface area contributed by atoms with E-state index < -0.39 is 20.3 Å². The van der Waals surface area contributed by atoms with E-state index in [2.05, 4.69) is 0 Å². The molecule has 1 rings (SSSR count). The molecule has 0 radical (unpaired) electrons. The third kappa shape index (κ3) is 2.79. The van der Waals surface area contributed by atoms with Crippen LogP contribution in [0.5, 0.6) is 0 Å². The maximum Gasteiger partial charge on any atom is 0.197 e. The van der Waals surface area contributed by atoms with Gasteiger partial charge in [-0.3, -0.25) is 4.79 Å². The predicted molar refractivity (Wildman–Crippen MR) is 60.0 cm³/mol. The van der Waals surface area contributed by atoms with Crippen LogP contribution in [0.2, 0.25) is 0 Å². The standard InChI is InChI=1S/C10H11ClO3S/c1-7-5-3-4-6-8(7)9(12)10(11)15(2,13)14/h3-6,10H,1-2H3/t10-/m1/s1. The molecule has 5 heteroatoms. The third-order valence-electron chi connectivity index (χ3n) is 1.99. The second-order valence-electron chi connectivity index (χ2n) is 3.32. The number of halogens is 1.